The van der Waals surface area contributed by atoms with Crippen molar-refractivity contribution in [2.45, 2.75) is 72.5 Å². The van der Waals surface area contributed by atoms with E-state index in [-0.39, 0.29) is 30.8 Å². The number of nitrogens with zero attached hydrogens (tertiary/aromatic N) is 2. The Bertz CT molecular complexity index is 1080. The Hall–Kier alpha value is -2.87. The van der Waals surface area contributed by atoms with E-state index in [1.54, 1.807) is 11.8 Å². The van der Waals surface area contributed by atoms with Crippen molar-refractivity contribution in [3.63, 3.8) is 0 Å². The highest BCUT2D eigenvalue weighted by atomic mass is 32.2. The van der Waals surface area contributed by atoms with Crippen molar-refractivity contribution >= 4 is 27.5 Å². The summed E-state index contributed by atoms with van der Waals surface area (Å²) in [6.07, 6.45) is 2.44. The molecule has 2 aromatic rings. The largest absolute Gasteiger partial charge is 0.352 e. The van der Waals surface area contributed by atoms with Gasteiger partial charge in [-0.3, -0.25) is 13.9 Å². The van der Waals surface area contributed by atoms with Gasteiger partial charge in [-0.05, 0) is 69.4 Å². The molecule has 0 aliphatic rings. The fourth-order valence-electron chi connectivity index (χ4n) is 3.93. The van der Waals surface area contributed by atoms with Crippen LogP contribution in [-0.4, -0.2) is 50.0 Å². The average molecular weight is 502 g/mol. The van der Waals surface area contributed by atoms with Crippen LogP contribution in [0.25, 0.3) is 0 Å². The molecular weight excluding hydrogens is 462 g/mol. The van der Waals surface area contributed by atoms with Gasteiger partial charge in [-0.15, -0.1) is 0 Å². The average Bonchev–Trinajstić information content (AvgIpc) is 2.78. The number of rotatable bonds is 12. The number of hydrogen-bond donors (Lipinski definition) is 1. The maximum absolute atomic E-state index is 13.3. The molecule has 0 heterocycles. The molecule has 0 aromatic heterocycles. The molecule has 0 fully saturated rings. The van der Waals surface area contributed by atoms with Crippen LogP contribution in [0.2, 0.25) is 0 Å². The molecule has 2 rings (SSSR count). The maximum atomic E-state index is 13.3. The van der Waals surface area contributed by atoms with Gasteiger partial charge in [-0.25, -0.2) is 8.42 Å². The molecule has 0 radical (unpaired) electrons. The monoisotopic (exact) mass is 501 g/mol. The standard InChI is InChI=1S/C27H39N3O4S/c1-7-22(4)28-27(32)23(5)29(19-24-12-9-8-10-13-24)26(31)14-11-15-30(35(6,33)34)25-17-20(2)16-21(3)18-25/h8-10,12-13,16-18,22-23H,7,11,14-15,19H2,1-6H3,(H,28,32). The molecule has 0 aliphatic carbocycles. The minimum Gasteiger partial charge on any atom is -0.352 e. The van der Waals surface area contributed by atoms with Crippen molar-refractivity contribution in [3.8, 4) is 0 Å². The fourth-order valence-corrected chi connectivity index (χ4v) is 4.88. The molecular formula is C27H39N3O4S. The number of aryl methyl sites for hydroxylation is 2. The Balaban J connectivity index is 2.17. The van der Waals surface area contributed by atoms with E-state index < -0.39 is 16.1 Å². The molecule has 8 heteroatoms. The first-order chi connectivity index (χ1) is 16.4. The topological polar surface area (TPSA) is 86.8 Å². The first kappa shape index (κ1) is 28.4. The van der Waals surface area contributed by atoms with Crippen LogP contribution >= 0.6 is 0 Å². The Labute approximate surface area is 210 Å². The Morgan fingerprint density at radius 1 is 1.00 bits per heavy atom. The molecule has 192 valence electrons. The van der Waals surface area contributed by atoms with Crippen molar-refractivity contribution in [1.29, 1.82) is 0 Å². The van der Waals surface area contributed by atoms with Crippen LogP contribution in [0.15, 0.2) is 48.5 Å². The van der Waals surface area contributed by atoms with Crippen molar-refractivity contribution in [2.24, 2.45) is 0 Å². The molecule has 7 nitrogen and oxygen atoms in total. The number of nitrogens with one attached hydrogen (secondary N) is 1. The van der Waals surface area contributed by atoms with Crippen LogP contribution < -0.4 is 9.62 Å². The highest BCUT2D eigenvalue weighted by Crippen LogP contribution is 2.22. The van der Waals surface area contributed by atoms with Gasteiger partial charge in [0.2, 0.25) is 21.8 Å². The molecule has 2 atom stereocenters. The molecule has 0 saturated heterocycles. The smallest absolute Gasteiger partial charge is 0.242 e. The molecule has 35 heavy (non-hydrogen) atoms. The minimum atomic E-state index is -3.52. The predicted molar refractivity (Wildman–Crippen MR) is 142 cm³/mol. The lowest BCUT2D eigenvalue weighted by Crippen LogP contribution is -2.49. The van der Waals surface area contributed by atoms with Crippen molar-refractivity contribution < 1.29 is 18.0 Å². The maximum Gasteiger partial charge on any atom is 0.242 e. The zero-order chi connectivity index (χ0) is 26.2. The second kappa shape index (κ2) is 12.7. The van der Waals surface area contributed by atoms with E-state index >= 15 is 0 Å². The van der Waals surface area contributed by atoms with Crippen LogP contribution in [0.3, 0.4) is 0 Å². The van der Waals surface area contributed by atoms with Gasteiger partial charge in [0.05, 0.1) is 11.9 Å². The van der Waals surface area contributed by atoms with Gasteiger partial charge in [-0.2, -0.15) is 0 Å². The third kappa shape index (κ3) is 8.69. The van der Waals surface area contributed by atoms with Crippen LogP contribution in [-0.2, 0) is 26.2 Å². The van der Waals surface area contributed by atoms with Gasteiger partial charge in [0, 0.05) is 25.6 Å². The van der Waals surface area contributed by atoms with Gasteiger partial charge >= 0.3 is 0 Å². The zero-order valence-corrected chi connectivity index (χ0v) is 22.6. The molecule has 0 spiro atoms. The summed E-state index contributed by atoms with van der Waals surface area (Å²) in [5.41, 5.74) is 3.47. The quantitative estimate of drug-likeness (QED) is 0.473. The van der Waals surface area contributed by atoms with Gasteiger partial charge in [0.1, 0.15) is 6.04 Å². The predicted octanol–water partition coefficient (Wildman–Crippen LogP) is 4.18. The number of hydrogen-bond acceptors (Lipinski definition) is 4. The Kier molecular flexibility index (Phi) is 10.3. The van der Waals surface area contributed by atoms with Crippen LogP contribution in [0.5, 0.6) is 0 Å². The highest BCUT2D eigenvalue weighted by molar-refractivity contribution is 7.92. The second-order valence-electron chi connectivity index (χ2n) is 9.29. The normalized spacial score (nSPS) is 13.1. The summed E-state index contributed by atoms with van der Waals surface area (Å²) in [6.45, 7) is 9.99. The third-order valence-electron chi connectivity index (χ3n) is 6.01. The van der Waals surface area contributed by atoms with Gasteiger partial charge < -0.3 is 10.2 Å². The highest BCUT2D eigenvalue weighted by Gasteiger charge is 2.27. The number of benzene rings is 2. The Morgan fingerprint density at radius 3 is 2.14 bits per heavy atom. The lowest BCUT2D eigenvalue weighted by molar-refractivity contribution is -0.140. The van der Waals surface area contributed by atoms with Crippen LogP contribution in [0.1, 0.15) is 56.7 Å². The Morgan fingerprint density at radius 2 is 1.60 bits per heavy atom. The van der Waals surface area contributed by atoms with E-state index in [1.807, 2.05) is 76.2 Å². The van der Waals surface area contributed by atoms with Crippen molar-refractivity contribution in [1.82, 2.24) is 10.2 Å². The van der Waals surface area contributed by atoms with E-state index in [0.717, 1.165) is 23.1 Å². The number of carbonyl (C=O) groups is 2. The van der Waals surface area contributed by atoms with E-state index in [2.05, 4.69) is 5.32 Å². The van der Waals surface area contributed by atoms with Crippen molar-refractivity contribution in [2.75, 3.05) is 17.1 Å². The molecule has 0 aliphatic heterocycles. The summed E-state index contributed by atoms with van der Waals surface area (Å²) in [4.78, 5) is 27.7. The summed E-state index contributed by atoms with van der Waals surface area (Å²) in [5, 5.41) is 2.96. The van der Waals surface area contributed by atoms with E-state index in [9.17, 15) is 18.0 Å². The molecule has 0 bridgehead atoms. The lowest BCUT2D eigenvalue weighted by atomic mass is 10.1. The van der Waals surface area contributed by atoms with Gasteiger partial charge in [0.25, 0.3) is 0 Å². The first-order valence-electron chi connectivity index (χ1n) is 12.1. The first-order valence-corrected chi connectivity index (χ1v) is 14.0. The number of carbonyl (C=O) groups excluding carboxylic acids is 2. The lowest BCUT2D eigenvalue weighted by Gasteiger charge is -2.30. The zero-order valence-electron chi connectivity index (χ0n) is 21.7. The summed E-state index contributed by atoms with van der Waals surface area (Å²) in [6, 6.07) is 14.6. The molecule has 0 saturated carbocycles. The second-order valence-corrected chi connectivity index (χ2v) is 11.2. The minimum absolute atomic E-state index is 0.0136. The van der Waals surface area contributed by atoms with Crippen LogP contribution in [0, 0.1) is 13.8 Å². The van der Waals surface area contributed by atoms with Crippen LogP contribution in [0.4, 0.5) is 5.69 Å². The molecule has 2 unspecified atom stereocenters. The van der Waals surface area contributed by atoms with Gasteiger partial charge in [-0.1, -0.05) is 43.3 Å². The summed E-state index contributed by atoms with van der Waals surface area (Å²) >= 11 is 0. The number of amides is 2. The molecule has 2 amide bonds. The third-order valence-corrected chi connectivity index (χ3v) is 7.20. The molecule has 2 aromatic carbocycles. The van der Waals surface area contributed by atoms with Crippen molar-refractivity contribution in [3.05, 3.63) is 65.2 Å². The van der Waals surface area contributed by atoms with Gasteiger partial charge in [0.15, 0.2) is 0 Å². The van der Waals surface area contributed by atoms with E-state index in [0.29, 0.717) is 18.7 Å². The molecule has 1 N–H and O–H groups in total. The SMILES string of the molecule is CCC(C)NC(=O)C(C)N(Cc1ccccc1)C(=O)CCCN(c1cc(C)cc(C)c1)S(C)(=O)=O. The summed E-state index contributed by atoms with van der Waals surface area (Å²) in [7, 11) is -3.52. The number of anilines is 1. The summed E-state index contributed by atoms with van der Waals surface area (Å²) in [5.74, 6) is -0.383. The van der Waals surface area contributed by atoms with E-state index in [4.69, 9.17) is 0 Å². The number of sulfonamides is 1. The summed E-state index contributed by atoms with van der Waals surface area (Å²) < 4.78 is 26.4. The fraction of sp³-hybridized carbons (Fsp3) is 0.481. The van der Waals surface area contributed by atoms with E-state index in [1.165, 1.54) is 10.6 Å².